The van der Waals surface area contributed by atoms with Crippen LogP contribution in [-0.4, -0.2) is 16.8 Å². The maximum Gasteiger partial charge on any atom is 0.291 e. The van der Waals surface area contributed by atoms with E-state index in [1.54, 1.807) is 42.6 Å². The van der Waals surface area contributed by atoms with Gasteiger partial charge in [0.15, 0.2) is 10.4 Å². The smallest absolute Gasteiger partial charge is 0.291 e. The Labute approximate surface area is 175 Å². The number of para-hydroxylation sites is 1. The molecule has 0 saturated heterocycles. The van der Waals surface area contributed by atoms with E-state index in [4.69, 9.17) is 4.42 Å². The van der Waals surface area contributed by atoms with Crippen LogP contribution >= 0.6 is 15.9 Å². The van der Waals surface area contributed by atoms with E-state index in [9.17, 15) is 9.59 Å². The zero-order valence-electron chi connectivity index (χ0n) is 15.2. The van der Waals surface area contributed by atoms with Gasteiger partial charge in [-0.25, -0.2) is 0 Å². The number of carbonyl (C=O) groups is 2. The molecule has 2 aromatic carbocycles. The van der Waals surface area contributed by atoms with Crippen molar-refractivity contribution in [1.82, 2.24) is 4.98 Å². The Morgan fingerprint density at radius 3 is 2.48 bits per heavy atom. The number of amides is 2. The summed E-state index contributed by atoms with van der Waals surface area (Å²) in [5.41, 5.74) is 2.88. The maximum atomic E-state index is 12.5. The van der Waals surface area contributed by atoms with Gasteiger partial charge in [0.2, 0.25) is 5.91 Å². The Morgan fingerprint density at radius 2 is 1.72 bits per heavy atom. The van der Waals surface area contributed by atoms with Gasteiger partial charge in [0.05, 0.1) is 17.6 Å². The minimum atomic E-state index is -0.343. The molecule has 0 aliphatic rings. The molecular formula is C22H16BrN3O3. The number of hydrogen-bond donors (Lipinski definition) is 2. The Balaban J connectivity index is 1.39. The lowest BCUT2D eigenvalue weighted by atomic mass is 10.1. The van der Waals surface area contributed by atoms with Crippen molar-refractivity contribution in [2.75, 3.05) is 10.6 Å². The minimum Gasteiger partial charge on any atom is -0.444 e. The van der Waals surface area contributed by atoms with Crippen molar-refractivity contribution >= 4 is 50.0 Å². The minimum absolute atomic E-state index is 0.139. The van der Waals surface area contributed by atoms with Crippen LogP contribution in [0, 0.1) is 0 Å². The molecule has 144 valence electrons. The molecule has 0 atom stereocenters. The van der Waals surface area contributed by atoms with Gasteiger partial charge in [-0.2, -0.15) is 0 Å². The topological polar surface area (TPSA) is 84.2 Å². The Morgan fingerprint density at radius 1 is 0.931 bits per heavy atom. The summed E-state index contributed by atoms with van der Waals surface area (Å²) in [6.07, 6.45) is 1.91. The van der Waals surface area contributed by atoms with Gasteiger partial charge < -0.3 is 15.1 Å². The fourth-order valence-corrected chi connectivity index (χ4v) is 3.23. The molecule has 2 heterocycles. The number of halogens is 1. The average Bonchev–Trinajstić information content (AvgIpc) is 3.16. The van der Waals surface area contributed by atoms with Crippen LogP contribution in [0.1, 0.15) is 16.1 Å². The second kappa shape index (κ2) is 8.28. The Bertz CT molecular complexity index is 1180. The van der Waals surface area contributed by atoms with E-state index in [1.165, 1.54) is 0 Å². The molecule has 2 N–H and O–H groups in total. The van der Waals surface area contributed by atoms with Crippen molar-refractivity contribution < 1.29 is 14.0 Å². The highest BCUT2D eigenvalue weighted by molar-refractivity contribution is 9.10. The number of furan rings is 1. The number of pyridine rings is 1. The Kier molecular flexibility index (Phi) is 5.39. The standard InChI is InChI=1S/C22H16BrN3O3/c23-19-11-10-18(29-19)22(28)25-16-8-6-14(7-9-16)13-20(27)26-17-5-1-3-15-4-2-12-24-21(15)17/h1-12H,13H2,(H,25,28)(H,26,27). The van der Waals surface area contributed by atoms with Crippen molar-refractivity contribution in [2.45, 2.75) is 6.42 Å². The molecular weight excluding hydrogens is 434 g/mol. The number of nitrogens with zero attached hydrogens (tertiary/aromatic N) is 1. The summed E-state index contributed by atoms with van der Waals surface area (Å²) in [4.78, 5) is 28.9. The predicted octanol–water partition coefficient (Wildman–Crippen LogP) is 5.02. The van der Waals surface area contributed by atoms with Crippen LogP contribution in [-0.2, 0) is 11.2 Å². The monoisotopic (exact) mass is 449 g/mol. The zero-order valence-corrected chi connectivity index (χ0v) is 16.8. The van der Waals surface area contributed by atoms with Crippen LogP contribution in [0.2, 0.25) is 0 Å². The summed E-state index contributed by atoms with van der Waals surface area (Å²) in [5, 5.41) is 6.63. The number of rotatable bonds is 5. The van der Waals surface area contributed by atoms with E-state index < -0.39 is 0 Å². The molecule has 0 radical (unpaired) electrons. The van der Waals surface area contributed by atoms with Gasteiger partial charge in [0.1, 0.15) is 0 Å². The van der Waals surface area contributed by atoms with Gasteiger partial charge in [-0.15, -0.1) is 0 Å². The molecule has 7 heteroatoms. The van der Waals surface area contributed by atoms with Crippen LogP contribution in [0.25, 0.3) is 10.9 Å². The summed E-state index contributed by atoms with van der Waals surface area (Å²) >= 11 is 3.17. The lowest BCUT2D eigenvalue weighted by molar-refractivity contribution is -0.115. The lowest BCUT2D eigenvalue weighted by Gasteiger charge is -2.09. The fraction of sp³-hybridized carbons (Fsp3) is 0.0455. The maximum absolute atomic E-state index is 12.5. The van der Waals surface area contributed by atoms with E-state index in [2.05, 4.69) is 31.5 Å². The molecule has 0 fully saturated rings. The zero-order chi connectivity index (χ0) is 20.2. The molecule has 2 amide bonds. The molecule has 4 aromatic rings. The van der Waals surface area contributed by atoms with E-state index in [0.29, 0.717) is 16.0 Å². The highest BCUT2D eigenvalue weighted by Gasteiger charge is 2.11. The number of fused-ring (bicyclic) bond motifs is 1. The summed E-state index contributed by atoms with van der Waals surface area (Å²) < 4.78 is 5.72. The van der Waals surface area contributed by atoms with Crippen molar-refractivity contribution in [3.05, 3.63) is 88.9 Å². The molecule has 4 rings (SSSR count). The normalized spacial score (nSPS) is 10.7. The Hall–Kier alpha value is -3.45. The summed E-state index contributed by atoms with van der Waals surface area (Å²) in [5.74, 6) is -0.269. The van der Waals surface area contributed by atoms with Crippen LogP contribution < -0.4 is 10.6 Å². The van der Waals surface area contributed by atoms with E-state index in [-0.39, 0.29) is 24.0 Å². The van der Waals surface area contributed by atoms with Crippen LogP contribution in [0.4, 0.5) is 11.4 Å². The highest BCUT2D eigenvalue weighted by atomic mass is 79.9. The first-order chi connectivity index (χ1) is 14.1. The van der Waals surface area contributed by atoms with Crippen molar-refractivity contribution in [3.63, 3.8) is 0 Å². The van der Waals surface area contributed by atoms with Crippen LogP contribution in [0.15, 0.2) is 82.0 Å². The van der Waals surface area contributed by atoms with Crippen molar-refractivity contribution in [2.24, 2.45) is 0 Å². The summed E-state index contributed by atoms with van der Waals surface area (Å²) in [6, 6.07) is 19.8. The first-order valence-electron chi connectivity index (χ1n) is 8.88. The molecule has 0 bridgehead atoms. The summed E-state index contributed by atoms with van der Waals surface area (Å²) in [7, 11) is 0. The fourth-order valence-electron chi connectivity index (χ4n) is 2.92. The van der Waals surface area contributed by atoms with E-state index >= 15 is 0 Å². The highest BCUT2D eigenvalue weighted by Crippen LogP contribution is 2.21. The van der Waals surface area contributed by atoms with Gasteiger partial charge >= 0.3 is 0 Å². The molecule has 0 aliphatic carbocycles. The van der Waals surface area contributed by atoms with Crippen LogP contribution in [0.5, 0.6) is 0 Å². The molecule has 2 aromatic heterocycles. The largest absolute Gasteiger partial charge is 0.444 e. The van der Waals surface area contributed by atoms with Crippen molar-refractivity contribution in [1.29, 1.82) is 0 Å². The van der Waals surface area contributed by atoms with Gasteiger partial charge in [0.25, 0.3) is 5.91 Å². The quantitative estimate of drug-likeness (QED) is 0.447. The number of aromatic nitrogens is 1. The molecule has 29 heavy (non-hydrogen) atoms. The van der Waals surface area contributed by atoms with E-state index in [1.807, 2.05) is 30.3 Å². The average molecular weight is 450 g/mol. The first-order valence-corrected chi connectivity index (χ1v) is 9.67. The molecule has 0 aliphatic heterocycles. The van der Waals surface area contributed by atoms with E-state index in [0.717, 1.165) is 16.5 Å². The third-order valence-corrected chi connectivity index (χ3v) is 4.71. The van der Waals surface area contributed by atoms with Gasteiger partial charge in [0, 0.05) is 17.3 Å². The predicted molar refractivity (Wildman–Crippen MR) is 115 cm³/mol. The van der Waals surface area contributed by atoms with Gasteiger partial charge in [-0.05, 0) is 57.9 Å². The van der Waals surface area contributed by atoms with Crippen molar-refractivity contribution in [3.8, 4) is 0 Å². The van der Waals surface area contributed by atoms with Crippen LogP contribution in [0.3, 0.4) is 0 Å². The number of carbonyl (C=O) groups excluding carboxylic acids is 2. The number of benzene rings is 2. The second-order valence-corrected chi connectivity index (χ2v) is 7.14. The number of nitrogens with one attached hydrogen (secondary N) is 2. The number of hydrogen-bond acceptors (Lipinski definition) is 4. The third kappa shape index (κ3) is 4.52. The molecule has 0 unspecified atom stereocenters. The molecule has 6 nitrogen and oxygen atoms in total. The van der Waals surface area contributed by atoms with Gasteiger partial charge in [-0.3, -0.25) is 14.6 Å². The SMILES string of the molecule is O=C(Cc1ccc(NC(=O)c2ccc(Br)o2)cc1)Nc1cccc2cccnc12. The molecule has 0 spiro atoms. The number of anilines is 2. The first kappa shape index (κ1) is 18.9. The lowest BCUT2D eigenvalue weighted by Crippen LogP contribution is -2.15. The van der Waals surface area contributed by atoms with Gasteiger partial charge in [-0.1, -0.05) is 30.3 Å². The third-order valence-electron chi connectivity index (χ3n) is 4.28. The summed E-state index contributed by atoms with van der Waals surface area (Å²) in [6.45, 7) is 0. The molecule has 0 saturated carbocycles. The second-order valence-electron chi connectivity index (χ2n) is 6.36.